The maximum atomic E-state index is 9.28. The highest BCUT2D eigenvalue weighted by molar-refractivity contribution is 5.15. The third-order valence-electron chi connectivity index (χ3n) is 2.22. The summed E-state index contributed by atoms with van der Waals surface area (Å²) >= 11 is 0. The average Bonchev–Trinajstić information content (AvgIpc) is 2.06. The van der Waals surface area contributed by atoms with Crippen molar-refractivity contribution in [2.45, 2.75) is 26.4 Å². The fourth-order valence-electron chi connectivity index (χ4n) is 1.16. The van der Waals surface area contributed by atoms with Gasteiger partial charge in [-0.3, -0.25) is 0 Å². The van der Waals surface area contributed by atoms with Crippen molar-refractivity contribution in [1.82, 2.24) is 0 Å². The van der Waals surface area contributed by atoms with Gasteiger partial charge in [0.25, 0.3) is 0 Å². The SMILES string of the molecule is CC(O)[C@@H](C)Cc1ccccc1. The minimum Gasteiger partial charge on any atom is -0.393 e. The van der Waals surface area contributed by atoms with E-state index in [9.17, 15) is 5.11 Å². The summed E-state index contributed by atoms with van der Waals surface area (Å²) in [4.78, 5) is 0. The van der Waals surface area contributed by atoms with Crippen molar-refractivity contribution in [2.24, 2.45) is 5.92 Å². The van der Waals surface area contributed by atoms with E-state index in [0.29, 0.717) is 5.92 Å². The van der Waals surface area contributed by atoms with Gasteiger partial charge in [-0.25, -0.2) is 0 Å². The first-order valence-corrected chi connectivity index (χ1v) is 4.42. The predicted molar refractivity (Wildman–Crippen MR) is 51.0 cm³/mol. The van der Waals surface area contributed by atoms with Crippen LogP contribution in [0.1, 0.15) is 19.4 Å². The van der Waals surface area contributed by atoms with Gasteiger partial charge in [-0.1, -0.05) is 37.3 Å². The Morgan fingerprint density at radius 3 is 2.25 bits per heavy atom. The molecule has 1 heteroatoms. The molecule has 0 aliphatic carbocycles. The lowest BCUT2D eigenvalue weighted by molar-refractivity contribution is 0.135. The second-order valence-electron chi connectivity index (χ2n) is 3.41. The van der Waals surface area contributed by atoms with Gasteiger partial charge in [-0.15, -0.1) is 0 Å². The van der Waals surface area contributed by atoms with Crippen LogP contribution in [0.2, 0.25) is 0 Å². The summed E-state index contributed by atoms with van der Waals surface area (Å²) < 4.78 is 0. The zero-order valence-corrected chi connectivity index (χ0v) is 7.70. The number of rotatable bonds is 3. The highest BCUT2D eigenvalue weighted by atomic mass is 16.3. The van der Waals surface area contributed by atoms with Crippen LogP contribution in [0.25, 0.3) is 0 Å². The number of benzene rings is 1. The zero-order valence-electron chi connectivity index (χ0n) is 7.70. The smallest absolute Gasteiger partial charge is 0.0540 e. The van der Waals surface area contributed by atoms with E-state index < -0.39 is 0 Å². The average molecular weight is 164 g/mol. The zero-order chi connectivity index (χ0) is 8.97. The van der Waals surface area contributed by atoms with Crippen LogP contribution in [-0.4, -0.2) is 11.2 Å². The van der Waals surface area contributed by atoms with Crippen molar-refractivity contribution in [1.29, 1.82) is 0 Å². The van der Waals surface area contributed by atoms with Gasteiger partial charge < -0.3 is 5.11 Å². The Kier molecular flexibility index (Phi) is 3.30. The fourth-order valence-corrected chi connectivity index (χ4v) is 1.16. The van der Waals surface area contributed by atoms with Gasteiger partial charge in [0.1, 0.15) is 0 Å². The van der Waals surface area contributed by atoms with Crippen molar-refractivity contribution in [2.75, 3.05) is 0 Å². The molecule has 2 atom stereocenters. The third kappa shape index (κ3) is 2.67. The normalized spacial score (nSPS) is 15.6. The van der Waals surface area contributed by atoms with Gasteiger partial charge in [0.2, 0.25) is 0 Å². The van der Waals surface area contributed by atoms with E-state index in [-0.39, 0.29) is 6.10 Å². The summed E-state index contributed by atoms with van der Waals surface area (Å²) in [5.74, 6) is 0.340. The molecule has 0 saturated carbocycles. The molecule has 0 aromatic heterocycles. The van der Waals surface area contributed by atoms with Crippen LogP contribution in [0.15, 0.2) is 30.3 Å². The predicted octanol–water partition coefficient (Wildman–Crippen LogP) is 2.25. The Morgan fingerprint density at radius 2 is 1.75 bits per heavy atom. The van der Waals surface area contributed by atoms with E-state index in [0.717, 1.165) is 6.42 Å². The van der Waals surface area contributed by atoms with Crippen LogP contribution in [-0.2, 0) is 6.42 Å². The van der Waals surface area contributed by atoms with E-state index >= 15 is 0 Å². The molecule has 66 valence electrons. The molecular weight excluding hydrogens is 148 g/mol. The quantitative estimate of drug-likeness (QED) is 0.726. The van der Waals surface area contributed by atoms with Crippen molar-refractivity contribution < 1.29 is 5.11 Å². The van der Waals surface area contributed by atoms with E-state index in [4.69, 9.17) is 0 Å². The highest BCUT2D eigenvalue weighted by Gasteiger charge is 2.08. The van der Waals surface area contributed by atoms with Crippen molar-refractivity contribution in [3.8, 4) is 0 Å². The van der Waals surface area contributed by atoms with Gasteiger partial charge in [0, 0.05) is 0 Å². The lowest BCUT2D eigenvalue weighted by atomic mass is 9.97. The van der Waals surface area contributed by atoms with Crippen LogP contribution in [0.5, 0.6) is 0 Å². The summed E-state index contributed by atoms with van der Waals surface area (Å²) in [6.07, 6.45) is 0.739. The minimum absolute atomic E-state index is 0.217. The lowest BCUT2D eigenvalue weighted by Crippen LogP contribution is -2.15. The Bertz CT molecular complexity index is 216. The molecule has 1 aromatic rings. The molecule has 1 unspecified atom stereocenters. The number of hydrogen-bond donors (Lipinski definition) is 1. The van der Waals surface area contributed by atoms with Gasteiger partial charge >= 0.3 is 0 Å². The first-order chi connectivity index (χ1) is 5.70. The summed E-state index contributed by atoms with van der Waals surface area (Å²) in [7, 11) is 0. The molecule has 0 aliphatic rings. The van der Waals surface area contributed by atoms with E-state index in [1.165, 1.54) is 5.56 Å². The standard InChI is InChI=1S/C11H16O/c1-9(10(2)12)8-11-6-4-3-5-7-11/h3-7,9-10,12H,8H2,1-2H3/t9-,10?/m0/s1. The molecule has 0 spiro atoms. The van der Waals surface area contributed by atoms with Gasteiger partial charge in [-0.2, -0.15) is 0 Å². The molecule has 0 saturated heterocycles. The van der Waals surface area contributed by atoms with Crippen LogP contribution in [0, 0.1) is 5.92 Å². The second-order valence-corrected chi connectivity index (χ2v) is 3.41. The molecule has 1 N–H and O–H groups in total. The van der Waals surface area contributed by atoms with E-state index in [2.05, 4.69) is 19.1 Å². The van der Waals surface area contributed by atoms with Crippen LogP contribution < -0.4 is 0 Å². The largest absolute Gasteiger partial charge is 0.393 e. The molecule has 0 heterocycles. The summed E-state index contributed by atoms with van der Waals surface area (Å²) in [5, 5.41) is 9.28. The molecule has 0 fully saturated rings. The first kappa shape index (κ1) is 9.27. The second kappa shape index (κ2) is 4.27. The van der Waals surface area contributed by atoms with Gasteiger partial charge in [-0.05, 0) is 24.8 Å². The molecule has 12 heavy (non-hydrogen) atoms. The third-order valence-corrected chi connectivity index (χ3v) is 2.22. The number of aliphatic hydroxyl groups excluding tert-OH is 1. The molecule has 1 rings (SSSR count). The van der Waals surface area contributed by atoms with Crippen LogP contribution >= 0.6 is 0 Å². The molecule has 1 nitrogen and oxygen atoms in total. The maximum absolute atomic E-state index is 9.28. The van der Waals surface area contributed by atoms with Crippen LogP contribution in [0.4, 0.5) is 0 Å². The van der Waals surface area contributed by atoms with Crippen molar-refractivity contribution in [3.63, 3.8) is 0 Å². The Morgan fingerprint density at radius 1 is 1.17 bits per heavy atom. The summed E-state index contributed by atoms with van der Waals surface area (Å²) in [6.45, 7) is 3.91. The topological polar surface area (TPSA) is 20.2 Å². The molecule has 0 bridgehead atoms. The van der Waals surface area contributed by atoms with Crippen molar-refractivity contribution >= 4 is 0 Å². The van der Waals surface area contributed by atoms with Gasteiger partial charge in [0.05, 0.1) is 6.10 Å². The Labute approximate surface area is 74.1 Å². The minimum atomic E-state index is -0.217. The molecule has 0 aliphatic heterocycles. The monoisotopic (exact) mass is 164 g/mol. The van der Waals surface area contributed by atoms with Gasteiger partial charge in [0.15, 0.2) is 0 Å². The summed E-state index contributed by atoms with van der Waals surface area (Å²) in [6, 6.07) is 10.3. The maximum Gasteiger partial charge on any atom is 0.0540 e. The lowest BCUT2D eigenvalue weighted by Gasteiger charge is -2.13. The van der Waals surface area contributed by atoms with E-state index in [1.54, 1.807) is 0 Å². The molecule has 1 aromatic carbocycles. The highest BCUT2D eigenvalue weighted by Crippen LogP contribution is 2.11. The number of aliphatic hydroxyl groups is 1. The van der Waals surface area contributed by atoms with E-state index in [1.807, 2.05) is 25.1 Å². The Balaban J connectivity index is 2.53. The summed E-state index contributed by atoms with van der Waals surface area (Å²) in [5.41, 5.74) is 1.30. The van der Waals surface area contributed by atoms with Crippen LogP contribution in [0.3, 0.4) is 0 Å². The molecule has 0 amide bonds. The fraction of sp³-hybridized carbons (Fsp3) is 0.455. The number of hydrogen-bond acceptors (Lipinski definition) is 1. The Hall–Kier alpha value is -0.820. The van der Waals surface area contributed by atoms with Crippen molar-refractivity contribution in [3.05, 3.63) is 35.9 Å². The molecular formula is C11H16O. The first-order valence-electron chi connectivity index (χ1n) is 4.42. The molecule has 0 radical (unpaired) electrons.